The van der Waals surface area contributed by atoms with Gasteiger partial charge < -0.3 is 10.6 Å². The summed E-state index contributed by atoms with van der Waals surface area (Å²) in [7, 11) is 0. The average molecular weight is 283 g/mol. The lowest BCUT2D eigenvalue weighted by molar-refractivity contribution is -0.138. The SMILES string of the molecule is Cl.FC(F)(F)c1cnc(NC2CCNCC2)nc1. The molecule has 8 heteroatoms. The molecular weight excluding hydrogens is 269 g/mol. The van der Waals surface area contributed by atoms with Crippen LogP contribution in [0.5, 0.6) is 0 Å². The van der Waals surface area contributed by atoms with Gasteiger partial charge in [-0.25, -0.2) is 9.97 Å². The van der Waals surface area contributed by atoms with Crippen molar-refractivity contribution in [2.45, 2.75) is 25.1 Å². The van der Waals surface area contributed by atoms with Crippen LogP contribution in [0.1, 0.15) is 18.4 Å². The van der Waals surface area contributed by atoms with Gasteiger partial charge in [0.25, 0.3) is 0 Å². The molecule has 0 atom stereocenters. The Balaban J connectivity index is 0.00000162. The van der Waals surface area contributed by atoms with E-state index < -0.39 is 11.7 Å². The minimum atomic E-state index is -4.38. The molecule has 2 N–H and O–H groups in total. The number of halogens is 4. The van der Waals surface area contributed by atoms with Crippen molar-refractivity contribution < 1.29 is 13.2 Å². The number of aromatic nitrogens is 2. The molecule has 0 bridgehead atoms. The fourth-order valence-electron chi connectivity index (χ4n) is 1.70. The normalized spacial score (nSPS) is 17.1. The molecule has 102 valence electrons. The van der Waals surface area contributed by atoms with Gasteiger partial charge in [0.2, 0.25) is 5.95 Å². The van der Waals surface area contributed by atoms with Gasteiger partial charge in [-0.3, -0.25) is 0 Å². The predicted molar refractivity (Wildman–Crippen MR) is 63.8 cm³/mol. The van der Waals surface area contributed by atoms with Crippen LogP contribution in [0, 0.1) is 0 Å². The highest BCUT2D eigenvalue weighted by molar-refractivity contribution is 5.85. The van der Waals surface area contributed by atoms with Crippen molar-refractivity contribution >= 4 is 18.4 Å². The van der Waals surface area contributed by atoms with Gasteiger partial charge in [0, 0.05) is 18.4 Å². The highest BCUT2D eigenvalue weighted by atomic mass is 35.5. The Morgan fingerprint density at radius 3 is 2.22 bits per heavy atom. The molecule has 1 aromatic rings. The minimum absolute atomic E-state index is 0. The molecule has 0 spiro atoms. The summed E-state index contributed by atoms with van der Waals surface area (Å²) in [5.74, 6) is 0.255. The maximum atomic E-state index is 12.3. The van der Waals surface area contributed by atoms with Gasteiger partial charge in [-0.15, -0.1) is 12.4 Å². The third-order valence-electron chi connectivity index (χ3n) is 2.65. The highest BCUT2D eigenvalue weighted by Gasteiger charge is 2.31. The van der Waals surface area contributed by atoms with Crippen molar-refractivity contribution in [2.24, 2.45) is 0 Å². The first-order valence-corrected chi connectivity index (χ1v) is 5.42. The van der Waals surface area contributed by atoms with Crippen molar-refractivity contribution in [2.75, 3.05) is 18.4 Å². The van der Waals surface area contributed by atoms with Crippen LogP contribution in [-0.4, -0.2) is 29.1 Å². The Hall–Kier alpha value is -1.08. The molecule has 1 aromatic heterocycles. The third-order valence-corrected chi connectivity index (χ3v) is 2.65. The molecule has 0 aromatic carbocycles. The largest absolute Gasteiger partial charge is 0.419 e. The lowest BCUT2D eigenvalue weighted by Crippen LogP contribution is -2.35. The van der Waals surface area contributed by atoms with E-state index in [0.29, 0.717) is 0 Å². The predicted octanol–water partition coefficient (Wildman–Crippen LogP) is 2.08. The molecule has 1 aliphatic rings. The van der Waals surface area contributed by atoms with E-state index in [0.717, 1.165) is 38.3 Å². The second kappa shape index (κ2) is 6.19. The summed E-state index contributed by atoms with van der Waals surface area (Å²) < 4.78 is 36.8. The first-order chi connectivity index (χ1) is 8.05. The number of piperidine rings is 1. The van der Waals surface area contributed by atoms with E-state index >= 15 is 0 Å². The topological polar surface area (TPSA) is 49.8 Å². The first kappa shape index (κ1) is 15.0. The molecule has 0 unspecified atom stereocenters. The van der Waals surface area contributed by atoms with Crippen LogP contribution in [-0.2, 0) is 6.18 Å². The lowest BCUT2D eigenvalue weighted by atomic mass is 10.1. The maximum Gasteiger partial charge on any atom is 0.419 e. The summed E-state index contributed by atoms with van der Waals surface area (Å²) in [6.07, 6.45) is -0.936. The van der Waals surface area contributed by atoms with Crippen LogP contribution in [0.3, 0.4) is 0 Å². The molecule has 1 saturated heterocycles. The monoisotopic (exact) mass is 282 g/mol. The van der Waals surface area contributed by atoms with E-state index in [1.807, 2.05) is 0 Å². The number of nitrogens with one attached hydrogen (secondary N) is 2. The van der Waals surface area contributed by atoms with Crippen LogP contribution in [0.25, 0.3) is 0 Å². The van der Waals surface area contributed by atoms with Crippen LogP contribution in [0.4, 0.5) is 19.1 Å². The Kier molecular flexibility index (Phi) is 5.15. The number of hydrogen-bond acceptors (Lipinski definition) is 4. The van der Waals surface area contributed by atoms with Gasteiger partial charge in [-0.1, -0.05) is 0 Å². The van der Waals surface area contributed by atoms with E-state index in [1.165, 1.54) is 0 Å². The summed E-state index contributed by atoms with van der Waals surface area (Å²) in [5, 5.41) is 6.23. The average Bonchev–Trinajstić information content (AvgIpc) is 2.30. The second-order valence-electron chi connectivity index (χ2n) is 3.96. The molecule has 2 heterocycles. The number of hydrogen-bond donors (Lipinski definition) is 2. The van der Waals surface area contributed by atoms with E-state index in [1.54, 1.807) is 0 Å². The van der Waals surface area contributed by atoms with E-state index in [4.69, 9.17) is 0 Å². The van der Waals surface area contributed by atoms with Crippen molar-refractivity contribution in [1.82, 2.24) is 15.3 Å². The molecule has 0 radical (unpaired) electrons. The zero-order valence-electron chi connectivity index (χ0n) is 9.50. The second-order valence-corrected chi connectivity index (χ2v) is 3.96. The van der Waals surface area contributed by atoms with Gasteiger partial charge in [0.1, 0.15) is 0 Å². The quantitative estimate of drug-likeness (QED) is 0.872. The zero-order chi connectivity index (χ0) is 12.3. The summed E-state index contributed by atoms with van der Waals surface area (Å²) in [5.41, 5.74) is -0.826. The number of alkyl halides is 3. The van der Waals surface area contributed by atoms with Crippen LogP contribution < -0.4 is 10.6 Å². The van der Waals surface area contributed by atoms with E-state index in [2.05, 4.69) is 20.6 Å². The molecule has 1 fully saturated rings. The Bertz CT molecular complexity index is 362. The molecule has 18 heavy (non-hydrogen) atoms. The fraction of sp³-hybridized carbons (Fsp3) is 0.600. The van der Waals surface area contributed by atoms with Crippen molar-refractivity contribution in [3.05, 3.63) is 18.0 Å². The highest BCUT2D eigenvalue weighted by Crippen LogP contribution is 2.28. The summed E-state index contributed by atoms with van der Waals surface area (Å²) in [4.78, 5) is 7.35. The Morgan fingerprint density at radius 2 is 1.72 bits per heavy atom. The molecular formula is C10H14ClF3N4. The molecule has 2 rings (SSSR count). The molecule has 4 nitrogen and oxygen atoms in total. The standard InChI is InChI=1S/C10H13F3N4.ClH/c11-10(12,13)7-5-15-9(16-6-7)17-8-1-3-14-4-2-8;/h5-6,8,14H,1-4H2,(H,15,16,17);1H. The zero-order valence-corrected chi connectivity index (χ0v) is 10.3. The third kappa shape index (κ3) is 3.99. The fourth-order valence-corrected chi connectivity index (χ4v) is 1.70. The van der Waals surface area contributed by atoms with Gasteiger partial charge >= 0.3 is 6.18 Å². The van der Waals surface area contributed by atoms with E-state index in [-0.39, 0.29) is 24.4 Å². The van der Waals surface area contributed by atoms with Crippen molar-refractivity contribution in [3.8, 4) is 0 Å². The molecule has 0 saturated carbocycles. The van der Waals surface area contributed by atoms with Gasteiger partial charge in [0.05, 0.1) is 5.56 Å². The Morgan fingerprint density at radius 1 is 1.17 bits per heavy atom. The molecule has 1 aliphatic heterocycles. The first-order valence-electron chi connectivity index (χ1n) is 5.42. The molecule has 0 amide bonds. The van der Waals surface area contributed by atoms with Crippen LogP contribution >= 0.6 is 12.4 Å². The summed E-state index contributed by atoms with van der Waals surface area (Å²) in [6.45, 7) is 1.80. The van der Waals surface area contributed by atoms with Gasteiger partial charge in [-0.2, -0.15) is 13.2 Å². The summed E-state index contributed by atoms with van der Waals surface area (Å²) in [6, 6.07) is 0.230. The Labute approximate surface area is 109 Å². The number of anilines is 1. The summed E-state index contributed by atoms with van der Waals surface area (Å²) >= 11 is 0. The van der Waals surface area contributed by atoms with Crippen LogP contribution in [0.15, 0.2) is 12.4 Å². The lowest BCUT2D eigenvalue weighted by Gasteiger charge is -2.23. The van der Waals surface area contributed by atoms with E-state index in [9.17, 15) is 13.2 Å². The van der Waals surface area contributed by atoms with Crippen molar-refractivity contribution in [1.29, 1.82) is 0 Å². The number of nitrogens with zero attached hydrogens (tertiary/aromatic N) is 2. The number of rotatable bonds is 2. The maximum absolute atomic E-state index is 12.3. The molecule has 0 aliphatic carbocycles. The minimum Gasteiger partial charge on any atom is -0.351 e. The van der Waals surface area contributed by atoms with Crippen LogP contribution in [0.2, 0.25) is 0 Å². The van der Waals surface area contributed by atoms with Gasteiger partial charge in [0.15, 0.2) is 0 Å². The van der Waals surface area contributed by atoms with Gasteiger partial charge in [-0.05, 0) is 25.9 Å². The smallest absolute Gasteiger partial charge is 0.351 e. The van der Waals surface area contributed by atoms with Crippen molar-refractivity contribution in [3.63, 3.8) is 0 Å².